The van der Waals surface area contributed by atoms with E-state index in [2.05, 4.69) is 25.7 Å². The Bertz CT molecular complexity index is 276. The molecule has 19 heavy (non-hydrogen) atoms. The van der Waals surface area contributed by atoms with Gasteiger partial charge in [0.05, 0.1) is 0 Å². The van der Waals surface area contributed by atoms with Crippen LogP contribution in [0.2, 0.25) is 0 Å². The third-order valence-corrected chi connectivity index (χ3v) is 6.05. The average Bonchev–Trinajstić information content (AvgIpc) is 2.78. The molecule has 2 heteroatoms. The van der Waals surface area contributed by atoms with E-state index in [1.165, 1.54) is 58.0 Å². The van der Waals surface area contributed by atoms with Crippen LogP contribution < -0.4 is 5.73 Å². The van der Waals surface area contributed by atoms with Gasteiger partial charge < -0.3 is 5.73 Å². The molecule has 0 aromatic heterocycles. The van der Waals surface area contributed by atoms with Gasteiger partial charge in [0.1, 0.15) is 0 Å². The molecule has 1 saturated carbocycles. The lowest BCUT2D eigenvalue weighted by Gasteiger charge is -2.41. The van der Waals surface area contributed by atoms with Gasteiger partial charge in [-0.3, -0.25) is 4.90 Å². The Hall–Kier alpha value is -0.0800. The third kappa shape index (κ3) is 3.33. The molecule has 0 amide bonds. The van der Waals surface area contributed by atoms with E-state index in [9.17, 15) is 0 Å². The summed E-state index contributed by atoms with van der Waals surface area (Å²) in [6.07, 6.45) is 9.60. The highest BCUT2D eigenvalue weighted by Gasteiger charge is 2.40. The van der Waals surface area contributed by atoms with Gasteiger partial charge in [-0.05, 0) is 50.0 Å². The maximum absolute atomic E-state index is 6.25. The lowest BCUT2D eigenvalue weighted by molar-refractivity contribution is 0.0985. The van der Waals surface area contributed by atoms with E-state index < -0.39 is 0 Å². The van der Waals surface area contributed by atoms with E-state index in [1.807, 2.05) is 0 Å². The summed E-state index contributed by atoms with van der Waals surface area (Å²) in [6.45, 7) is 10.6. The maximum Gasteiger partial charge on any atom is 0.0331 e. The van der Waals surface area contributed by atoms with Crippen LogP contribution in [-0.2, 0) is 0 Å². The molecule has 0 spiro atoms. The van der Waals surface area contributed by atoms with Gasteiger partial charge in [-0.25, -0.2) is 0 Å². The molecule has 1 heterocycles. The summed E-state index contributed by atoms with van der Waals surface area (Å²) in [7, 11) is 0. The number of rotatable bonds is 4. The molecule has 1 aliphatic carbocycles. The fraction of sp³-hybridized carbons (Fsp3) is 1.00. The van der Waals surface area contributed by atoms with E-state index in [-0.39, 0.29) is 0 Å². The molecule has 2 N–H and O–H groups in total. The van der Waals surface area contributed by atoms with Crippen molar-refractivity contribution < 1.29 is 0 Å². The molecular weight excluding hydrogens is 232 g/mol. The van der Waals surface area contributed by atoms with E-state index in [0.717, 1.165) is 24.3 Å². The molecule has 2 rings (SSSR count). The molecule has 3 unspecified atom stereocenters. The fourth-order valence-corrected chi connectivity index (χ4v) is 4.33. The van der Waals surface area contributed by atoms with E-state index in [4.69, 9.17) is 5.73 Å². The molecule has 2 aliphatic rings. The minimum Gasteiger partial charge on any atom is -0.329 e. The first-order chi connectivity index (χ1) is 9.11. The van der Waals surface area contributed by atoms with Crippen molar-refractivity contribution in [2.45, 2.75) is 71.3 Å². The van der Waals surface area contributed by atoms with Crippen molar-refractivity contribution in [3.8, 4) is 0 Å². The summed E-state index contributed by atoms with van der Waals surface area (Å²) in [4.78, 5) is 2.77. The molecule has 0 aromatic rings. The number of hydrogen-bond acceptors (Lipinski definition) is 2. The second-order valence-corrected chi connectivity index (χ2v) is 7.37. The Morgan fingerprint density at radius 2 is 2.00 bits per heavy atom. The fourth-order valence-electron chi connectivity index (χ4n) is 4.33. The monoisotopic (exact) mass is 266 g/mol. The Morgan fingerprint density at radius 3 is 2.58 bits per heavy atom. The quantitative estimate of drug-likeness (QED) is 0.787. The summed E-state index contributed by atoms with van der Waals surface area (Å²) >= 11 is 0. The lowest BCUT2D eigenvalue weighted by atomic mass is 9.85. The topological polar surface area (TPSA) is 29.3 Å². The standard InChI is InChI=1S/C17H34N2/c1-4-15-8-11-19(12-15)17(13-18)9-5-6-16(7-10-17)14(2)3/h14-16H,4-13,18H2,1-3H3. The maximum atomic E-state index is 6.25. The zero-order valence-corrected chi connectivity index (χ0v) is 13.3. The summed E-state index contributed by atoms with van der Waals surface area (Å²) in [5, 5.41) is 0. The van der Waals surface area contributed by atoms with Gasteiger partial charge >= 0.3 is 0 Å². The van der Waals surface area contributed by atoms with Crippen LogP contribution in [0.4, 0.5) is 0 Å². The van der Waals surface area contributed by atoms with Crippen LogP contribution in [0.3, 0.4) is 0 Å². The van der Waals surface area contributed by atoms with Crippen LogP contribution in [-0.4, -0.2) is 30.1 Å². The number of likely N-dealkylation sites (tertiary alicyclic amines) is 1. The van der Waals surface area contributed by atoms with Crippen LogP contribution in [0.5, 0.6) is 0 Å². The van der Waals surface area contributed by atoms with Crippen molar-refractivity contribution in [2.75, 3.05) is 19.6 Å². The second-order valence-electron chi connectivity index (χ2n) is 7.37. The Balaban J connectivity index is 2.02. The van der Waals surface area contributed by atoms with Crippen LogP contribution in [0.25, 0.3) is 0 Å². The van der Waals surface area contributed by atoms with Crippen LogP contribution in [0, 0.1) is 17.8 Å². The molecule has 0 radical (unpaired) electrons. The van der Waals surface area contributed by atoms with Crippen LogP contribution in [0.15, 0.2) is 0 Å². The van der Waals surface area contributed by atoms with Crippen molar-refractivity contribution in [1.29, 1.82) is 0 Å². The molecule has 0 aromatic carbocycles. The normalized spacial score (nSPS) is 37.7. The third-order valence-electron chi connectivity index (χ3n) is 6.05. The molecular formula is C17H34N2. The number of nitrogens with zero attached hydrogens (tertiary/aromatic N) is 1. The summed E-state index contributed by atoms with van der Waals surface area (Å²) in [6, 6.07) is 0. The van der Waals surface area contributed by atoms with E-state index >= 15 is 0 Å². The molecule has 2 nitrogen and oxygen atoms in total. The lowest BCUT2D eigenvalue weighted by Crippen LogP contribution is -2.52. The van der Waals surface area contributed by atoms with E-state index in [1.54, 1.807) is 0 Å². The van der Waals surface area contributed by atoms with Crippen molar-refractivity contribution >= 4 is 0 Å². The van der Waals surface area contributed by atoms with Crippen LogP contribution >= 0.6 is 0 Å². The number of hydrogen-bond donors (Lipinski definition) is 1. The average molecular weight is 266 g/mol. The molecule has 2 fully saturated rings. The van der Waals surface area contributed by atoms with Crippen molar-refractivity contribution in [1.82, 2.24) is 4.90 Å². The first-order valence-corrected chi connectivity index (χ1v) is 8.56. The van der Waals surface area contributed by atoms with Gasteiger partial charge in [0, 0.05) is 18.6 Å². The molecule has 1 saturated heterocycles. The zero-order valence-electron chi connectivity index (χ0n) is 13.3. The minimum atomic E-state index is 0.341. The Labute approximate surface area is 120 Å². The van der Waals surface area contributed by atoms with Crippen molar-refractivity contribution in [3.05, 3.63) is 0 Å². The molecule has 3 atom stereocenters. The SMILES string of the molecule is CCC1CCN(C2(CN)CCCC(C(C)C)CC2)C1. The molecule has 1 aliphatic heterocycles. The van der Waals surface area contributed by atoms with Crippen LogP contribution in [0.1, 0.15) is 65.7 Å². The van der Waals surface area contributed by atoms with Crippen molar-refractivity contribution in [3.63, 3.8) is 0 Å². The predicted octanol–water partition coefficient (Wildman–Crippen LogP) is 3.65. The van der Waals surface area contributed by atoms with Gasteiger partial charge in [0.2, 0.25) is 0 Å². The first-order valence-electron chi connectivity index (χ1n) is 8.56. The van der Waals surface area contributed by atoms with Crippen molar-refractivity contribution in [2.24, 2.45) is 23.5 Å². The highest BCUT2D eigenvalue weighted by Crippen LogP contribution is 2.39. The predicted molar refractivity (Wildman–Crippen MR) is 83.2 cm³/mol. The minimum absolute atomic E-state index is 0.341. The van der Waals surface area contributed by atoms with Gasteiger partial charge in [-0.1, -0.05) is 40.0 Å². The highest BCUT2D eigenvalue weighted by molar-refractivity contribution is 4.97. The zero-order chi connectivity index (χ0) is 13.9. The van der Waals surface area contributed by atoms with Gasteiger partial charge in [0.15, 0.2) is 0 Å². The highest BCUT2D eigenvalue weighted by atomic mass is 15.2. The summed E-state index contributed by atoms with van der Waals surface area (Å²) in [5.74, 6) is 2.70. The smallest absolute Gasteiger partial charge is 0.0331 e. The van der Waals surface area contributed by atoms with Gasteiger partial charge in [-0.15, -0.1) is 0 Å². The largest absolute Gasteiger partial charge is 0.329 e. The molecule has 0 bridgehead atoms. The Kier molecular flexibility index (Phi) is 5.30. The number of nitrogens with two attached hydrogens (primary N) is 1. The molecule has 112 valence electrons. The first kappa shape index (κ1) is 15.3. The Morgan fingerprint density at radius 1 is 1.21 bits per heavy atom. The second kappa shape index (κ2) is 6.58. The van der Waals surface area contributed by atoms with E-state index in [0.29, 0.717) is 5.54 Å². The summed E-state index contributed by atoms with van der Waals surface area (Å²) in [5.41, 5.74) is 6.60. The summed E-state index contributed by atoms with van der Waals surface area (Å²) < 4.78 is 0. The van der Waals surface area contributed by atoms with Gasteiger partial charge in [-0.2, -0.15) is 0 Å². The van der Waals surface area contributed by atoms with Gasteiger partial charge in [0.25, 0.3) is 0 Å².